The molecule has 0 saturated carbocycles. The molecule has 0 bridgehead atoms. The van der Waals surface area contributed by atoms with E-state index in [-0.39, 0.29) is 11.9 Å². The Morgan fingerprint density at radius 2 is 1.90 bits per heavy atom. The minimum absolute atomic E-state index is 0.0580. The summed E-state index contributed by atoms with van der Waals surface area (Å²) in [5.74, 6) is 1.08. The number of nitriles is 1. The summed E-state index contributed by atoms with van der Waals surface area (Å²) < 4.78 is 17.0. The summed E-state index contributed by atoms with van der Waals surface area (Å²) in [5.41, 5.74) is 3.85. The van der Waals surface area contributed by atoms with Crippen LogP contribution in [0.15, 0.2) is 30.3 Å². The fourth-order valence-electron chi connectivity index (χ4n) is 4.20. The first-order valence-electron chi connectivity index (χ1n) is 10.4. The van der Waals surface area contributed by atoms with Crippen LogP contribution in [0, 0.1) is 11.3 Å². The van der Waals surface area contributed by atoms with Gasteiger partial charge in [-0.1, -0.05) is 19.9 Å². The Labute approximate surface area is 181 Å². The fraction of sp³-hybridized carbons (Fsp3) is 0.360. The molecular weight excluding hydrogens is 392 g/mol. The van der Waals surface area contributed by atoms with Gasteiger partial charge < -0.3 is 19.2 Å². The number of rotatable bonds is 6. The molecule has 31 heavy (non-hydrogen) atoms. The predicted octanol–water partition coefficient (Wildman–Crippen LogP) is 4.72. The first kappa shape index (κ1) is 21.0. The van der Waals surface area contributed by atoms with Crippen molar-refractivity contribution in [2.75, 3.05) is 20.3 Å². The lowest BCUT2D eigenvalue weighted by atomic mass is 9.71. The van der Waals surface area contributed by atoms with Crippen molar-refractivity contribution in [3.63, 3.8) is 0 Å². The predicted molar refractivity (Wildman–Crippen MR) is 118 cm³/mol. The van der Waals surface area contributed by atoms with E-state index < -0.39 is 5.41 Å². The zero-order chi connectivity index (χ0) is 22.3. The number of benzene rings is 2. The molecule has 3 aromatic rings. The Balaban J connectivity index is 1.91. The van der Waals surface area contributed by atoms with Crippen LogP contribution in [0.2, 0.25) is 0 Å². The molecule has 1 aliphatic carbocycles. The smallest absolute Gasteiger partial charge is 0.195 e. The van der Waals surface area contributed by atoms with Crippen molar-refractivity contribution in [3.8, 4) is 17.6 Å². The number of ether oxygens (including phenoxy) is 3. The second-order valence-corrected chi connectivity index (χ2v) is 8.55. The SMILES string of the molecule is COCCOc1cc2c(cc1OC(C)C)C(=O)c1c([nH]c3cc(C#N)ccc13)C2(C)C. The highest BCUT2D eigenvalue weighted by molar-refractivity contribution is 6.20. The molecule has 0 saturated heterocycles. The van der Waals surface area contributed by atoms with Crippen molar-refractivity contribution < 1.29 is 19.0 Å². The standard InChI is InChI=1S/C25H26N2O4/c1-14(2)31-21-11-17-18(12-20(21)30-9-8-29-5)25(3,4)24-22(23(17)28)16-7-6-15(13-26)10-19(16)27-24/h6-7,10-12,14,27H,8-9H2,1-5H3. The second-order valence-electron chi connectivity index (χ2n) is 8.55. The molecule has 0 radical (unpaired) electrons. The van der Waals surface area contributed by atoms with Crippen LogP contribution in [-0.4, -0.2) is 37.2 Å². The number of fused-ring (bicyclic) bond motifs is 4. The third-order valence-electron chi connectivity index (χ3n) is 5.69. The lowest BCUT2D eigenvalue weighted by molar-refractivity contribution is 0.103. The van der Waals surface area contributed by atoms with Crippen LogP contribution < -0.4 is 9.47 Å². The van der Waals surface area contributed by atoms with E-state index in [9.17, 15) is 10.1 Å². The highest BCUT2D eigenvalue weighted by Gasteiger charge is 2.40. The molecule has 4 rings (SSSR count). The number of hydrogen-bond donors (Lipinski definition) is 1. The third kappa shape index (κ3) is 3.45. The van der Waals surface area contributed by atoms with Gasteiger partial charge >= 0.3 is 0 Å². The summed E-state index contributed by atoms with van der Waals surface area (Å²) in [6, 6.07) is 11.2. The van der Waals surface area contributed by atoms with E-state index in [4.69, 9.17) is 14.2 Å². The van der Waals surface area contributed by atoms with Gasteiger partial charge in [-0.25, -0.2) is 0 Å². The van der Waals surface area contributed by atoms with Crippen LogP contribution in [0.25, 0.3) is 10.9 Å². The molecule has 0 atom stereocenters. The largest absolute Gasteiger partial charge is 0.487 e. The fourth-order valence-corrected chi connectivity index (χ4v) is 4.20. The van der Waals surface area contributed by atoms with E-state index >= 15 is 0 Å². The first-order valence-corrected chi connectivity index (χ1v) is 10.4. The lowest BCUT2D eigenvalue weighted by Gasteiger charge is -2.33. The summed E-state index contributed by atoms with van der Waals surface area (Å²) in [4.78, 5) is 17.0. The summed E-state index contributed by atoms with van der Waals surface area (Å²) >= 11 is 0. The first-order chi connectivity index (χ1) is 14.8. The van der Waals surface area contributed by atoms with Gasteiger partial charge in [0, 0.05) is 34.7 Å². The van der Waals surface area contributed by atoms with Crippen LogP contribution in [0.5, 0.6) is 11.5 Å². The Morgan fingerprint density at radius 3 is 2.58 bits per heavy atom. The van der Waals surface area contributed by atoms with Crippen molar-refractivity contribution in [2.24, 2.45) is 0 Å². The van der Waals surface area contributed by atoms with E-state index in [1.807, 2.05) is 26.0 Å². The molecule has 0 unspecified atom stereocenters. The number of hydrogen-bond acceptors (Lipinski definition) is 5. The molecule has 1 aromatic heterocycles. The van der Waals surface area contributed by atoms with Gasteiger partial charge in [0.15, 0.2) is 17.3 Å². The minimum atomic E-state index is -0.472. The molecule has 0 aliphatic heterocycles. The number of H-pyrrole nitrogens is 1. The van der Waals surface area contributed by atoms with Crippen LogP contribution in [-0.2, 0) is 10.2 Å². The molecule has 1 N–H and O–H groups in total. The molecule has 2 aromatic carbocycles. The van der Waals surface area contributed by atoms with Gasteiger partial charge in [0.05, 0.1) is 29.9 Å². The maximum absolute atomic E-state index is 13.6. The van der Waals surface area contributed by atoms with Crippen molar-refractivity contribution >= 4 is 16.7 Å². The van der Waals surface area contributed by atoms with E-state index in [1.54, 1.807) is 25.3 Å². The van der Waals surface area contributed by atoms with Crippen LogP contribution >= 0.6 is 0 Å². The molecule has 160 valence electrons. The molecule has 6 heteroatoms. The van der Waals surface area contributed by atoms with Gasteiger partial charge in [-0.05, 0) is 43.7 Å². The van der Waals surface area contributed by atoms with Gasteiger partial charge in [-0.15, -0.1) is 0 Å². The monoisotopic (exact) mass is 418 g/mol. The van der Waals surface area contributed by atoms with Crippen molar-refractivity contribution in [3.05, 3.63) is 58.3 Å². The number of carbonyl (C=O) groups excluding carboxylic acids is 1. The number of nitrogens with one attached hydrogen (secondary N) is 1. The van der Waals surface area contributed by atoms with Crippen molar-refractivity contribution in [1.82, 2.24) is 4.98 Å². The molecule has 1 heterocycles. The molecule has 0 amide bonds. The van der Waals surface area contributed by atoms with Gasteiger partial charge in [0.2, 0.25) is 0 Å². The Kier molecular flexibility index (Phi) is 5.24. The number of ketones is 1. The van der Waals surface area contributed by atoms with Gasteiger partial charge in [0.1, 0.15) is 6.61 Å². The summed E-state index contributed by atoms with van der Waals surface area (Å²) in [7, 11) is 1.62. The van der Waals surface area contributed by atoms with Gasteiger partial charge in [-0.2, -0.15) is 5.26 Å². The Bertz CT molecular complexity index is 1210. The number of methoxy groups -OCH3 is 1. The van der Waals surface area contributed by atoms with Gasteiger partial charge in [-0.3, -0.25) is 4.79 Å². The molecule has 0 spiro atoms. The highest BCUT2D eigenvalue weighted by atomic mass is 16.5. The van der Waals surface area contributed by atoms with E-state index in [0.717, 1.165) is 22.2 Å². The Hall–Kier alpha value is -3.30. The maximum atomic E-state index is 13.6. The normalized spacial score (nSPS) is 14.3. The topological polar surface area (TPSA) is 84.3 Å². The van der Waals surface area contributed by atoms with Gasteiger partial charge in [0.25, 0.3) is 0 Å². The summed E-state index contributed by atoms with van der Waals surface area (Å²) in [6.45, 7) is 8.88. The van der Waals surface area contributed by atoms with Crippen LogP contribution in [0.3, 0.4) is 0 Å². The lowest BCUT2D eigenvalue weighted by Crippen LogP contribution is -2.30. The third-order valence-corrected chi connectivity index (χ3v) is 5.69. The molecule has 0 fully saturated rings. The zero-order valence-electron chi connectivity index (χ0n) is 18.5. The molecule has 6 nitrogen and oxygen atoms in total. The number of nitrogens with zero attached hydrogens (tertiary/aromatic N) is 1. The quantitative estimate of drug-likeness (QED) is 0.586. The zero-order valence-corrected chi connectivity index (χ0v) is 18.5. The highest BCUT2D eigenvalue weighted by Crippen LogP contribution is 2.47. The summed E-state index contributed by atoms with van der Waals surface area (Å²) in [5, 5.41) is 10.1. The average molecular weight is 418 g/mol. The van der Waals surface area contributed by atoms with Crippen molar-refractivity contribution in [1.29, 1.82) is 5.26 Å². The number of aromatic nitrogens is 1. The molecule has 1 aliphatic rings. The maximum Gasteiger partial charge on any atom is 0.195 e. The van der Waals surface area contributed by atoms with Crippen LogP contribution in [0.4, 0.5) is 0 Å². The van der Waals surface area contributed by atoms with Crippen LogP contribution in [0.1, 0.15) is 60.4 Å². The number of carbonyl (C=O) groups is 1. The Morgan fingerprint density at radius 1 is 1.13 bits per heavy atom. The van der Waals surface area contributed by atoms with E-state index in [1.165, 1.54) is 0 Å². The molecular formula is C25H26N2O4. The number of aromatic amines is 1. The van der Waals surface area contributed by atoms with E-state index in [0.29, 0.717) is 41.4 Å². The minimum Gasteiger partial charge on any atom is -0.487 e. The average Bonchev–Trinajstić information content (AvgIpc) is 3.12. The van der Waals surface area contributed by atoms with E-state index in [2.05, 4.69) is 24.9 Å². The summed E-state index contributed by atoms with van der Waals surface area (Å²) in [6.07, 6.45) is -0.0671. The van der Waals surface area contributed by atoms with Crippen molar-refractivity contribution in [2.45, 2.75) is 39.2 Å². The second kappa shape index (κ2) is 7.75.